The molecule has 0 aliphatic heterocycles. The number of amides is 2. The maximum absolute atomic E-state index is 12.1. The predicted octanol–water partition coefficient (Wildman–Crippen LogP) is 2.90. The number of furan rings is 1. The average molecular weight is 411 g/mol. The molecule has 8 heteroatoms. The molecule has 1 aromatic heterocycles. The molecule has 2 N–H and O–H groups in total. The number of carbonyl (C=O) groups is 2. The van der Waals surface area contributed by atoms with Gasteiger partial charge in [-0.3, -0.25) is 20.4 Å². The molecule has 134 valence electrons. The summed E-state index contributed by atoms with van der Waals surface area (Å²) in [5.41, 5.74) is 4.96. The van der Waals surface area contributed by atoms with Gasteiger partial charge < -0.3 is 13.9 Å². The Labute approximate surface area is 153 Å². The maximum Gasteiger partial charge on any atom is 0.276 e. The number of carbonyl (C=O) groups excluding carboxylic acids is 2. The monoisotopic (exact) mass is 410 g/mol. The van der Waals surface area contributed by atoms with Crippen molar-refractivity contribution in [3.8, 4) is 11.5 Å². The summed E-state index contributed by atoms with van der Waals surface area (Å²) in [5, 5.41) is 0. The highest BCUT2D eigenvalue weighted by Gasteiger charge is 2.20. The molecule has 0 aliphatic rings. The molecule has 2 rings (SSSR count). The van der Waals surface area contributed by atoms with Crippen LogP contribution in [0.2, 0.25) is 0 Å². The zero-order valence-electron chi connectivity index (χ0n) is 14.1. The van der Waals surface area contributed by atoms with Crippen molar-refractivity contribution in [2.45, 2.75) is 20.8 Å². The fourth-order valence-electron chi connectivity index (χ4n) is 2.13. The van der Waals surface area contributed by atoms with Crippen LogP contribution in [0.15, 0.2) is 33.2 Å². The van der Waals surface area contributed by atoms with E-state index in [1.165, 1.54) is 0 Å². The third kappa shape index (κ3) is 4.76. The number of ether oxygens (including phenoxy) is 2. The van der Waals surface area contributed by atoms with E-state index in [0.717, 1.165) is 0 Å². The van der Waals surface area contributed by atoms with Crippen LogP contribution >= 0.6 is 15.9 Å². The molecule has 1 aromatic carbocycles. The fourth-order valence-corrected chi connectivity index (χ4v) is 2.67. The van der Waals surface area contributed by atoms with E-state index in [1.807, 2.05) is 13.0 Å². The Kier molecular flexibility index (Phi) is 6.46. The number of para-hydroxylation sites is 2. The van der Waals surface area contributed by atoms with Crippen LogP contribution in [0.4, 0.5) is 0 Å². The third-order valence-corrected chi connectivity index (χ3v) is 4.19. The molecular weight excluding hydrogens is 392 g/mol. The Balaban J connectivity index is 1.88. The first-order valence-corrected chi connectivity index (χ1v) is 8.42. The molecule has 0 unspecified atom stereocenters. The number of benzene rings is 1. The van der Waals surface area contributed by atoms with Crippen LogP contribution < -0.4 is 20.3 Å². The standard InChI is InChI=1S/C17H19BrN2O5/c1-4-23-12-7-5-6-8-13(12)24-9-14(21)19-20-17(22)15-10(2)25-11(3)16(15)18/h5-8H,4,9H2,1-3H3,(H,19,21)(H,20,22). The van der Waals surface area contributed by atoms with E-state index in [2.05, 4.69) is 26.8 Å². The Bertz CT molecular complexity index is 772. The van der Waals surface area contributed by atoms with Crippen LogP contribution in [0.5, 0.6) is 11.5 Å². The molecule has 0 saturated carbocycles. The molecule has 0 bridgehead atoms. The van der Waals surface area contributed by atoms with Crippen molar-refractivity contribution in [2.75, 3.05) is 13.2 Å². The summed E-state index contributed by atoms with van der Waals surface area (Å²) < 4.78 is 16.7. The zero-order chi connectivity index (χ0) is 18.4. The quantitative estimate of drug-likeness (QED) is 0.714. The summed E-state index contributed by atoms with van der Waals surface area (Å²) in [6.07, 6.45) is 0. The number of hydrogen-bond donors (Lipinski definition) is 2. The van der Waals surface area contributed by atoms with Crippen LogP contribution in [0.3, 0.4) is 0 Å². The van der Waals surface area contributed by atoms with Gasteiger partial charge in [-0.15, -0.1) is 0 Å². The Hall–Kier alpha value is -2.48. The number of nitrogens with one attached hydrogen (secondary N) is 2. The summed E-state index contributed by atoms with van der Waals surface area (Å²) in [4.78, 5) is 24.0. The summed E-state index contributed by atoms with van der Waals surface area (Å²) in [7, 11) is 0. The lowest BCUT2D eigenvalue weighted by Crippen LogP contribution is -2.44. The van der Waals surface area contributed by atoms with Gasteiger partial charge in [0.1, 0.15) is 11.5 Å². The number of hydrogen-bond acceptors (Lipinski definition) is 5. The smallest absolute Gasteiger partial charge is 0.276 e. The summed E-state index contributed by atoms with van der Waals surface area (Å²) in [6, 6.07) is 7.04. The minimum atomic E-state index is -0.506. The van der Waals surface area contributed by atoms with Gasteiger partial charge in [-0.25, -0.2) is 0 Å². The number of aryl methyl sites for hydroxylation is 2. The molecule has 2 aromatic rings. The largest absolute Gasteiger partial charge is 0.490 e. The van der Waals surface area contributed by atoms with E-state index in [-0.39, 0.29) is 6.61 Å². The molecular formula is C17H19BrN2O5. The summed E-state index contributed by atoms with van der Waals surface area (Å²) in [5.74, 6) is 1.06. The average Bonchev–Trinajstić information content (AvgIpc) is 2.84. The molecule has 2 amide bonds. The lowest BCUT2D eigenvalue weighted by molar-refractivity contribution is -0.123. The minimum absolute atomic E-state index is 0.269. The Morgan fingerprint density at radius 1 is 1.08 bits per heavy atom. The first-order valence-electron chi connectivity index (χ1n) is 7.63. The third-order valence-electron chi connectivity index (χ3n) is 3.24. The van der Waals surface area contributed by atoms with Gasteiger partial charge >= 0.3 is 0 Å². The van der Waals surface area contributed by atoms with E-state index in [1.54, 1.807) is 32.0 Å². The van der Waals surface area contributed by atoms with Crippen molar-refractivity contribution in [3.63, 3.8) is 0 Å². The van der Waals surface area contributed by atoms with E-state index >= 15 is 0 Å². The number of hydrazine groups is 1. The normalized spacial score (nSPS) is 10.2. The molecule has 0 atom stereocenters. The SMILES string of the molecule is CCOc1ccccc1OCC(=O)NNC(=O)c1c(C)oc(C)c1Br. The van der Waals surface area contributed by atoms with Crippen molar-refractivity contribution < 1.29 is 23.5 Å². The molecule has 0 fully saturated rings. The van der Waals surface area contributed by atoms with Crippen LogP contribution in [0.25, 0.3) is 0 Å². The van der Waals surface area contributed by atoms with Gasteiger partial charge in [0.2, 0.25) is 0 Å². The van der Waals surface area contributed by atoms with Crippen molar-refractivity contribution in [3.05, 3.63) is 45.8 Å². The van der Waals surface area contributed by atoms with Crippen molar-refractivity contribution in [1.82, 2.24) is 10.9 Å². The second-order valence-electron chi connectivity index (χ2n) is 5.07. The first kappa shape index (κ1) is 18.9. The molecule has 25 heavy (non-hydrogen) atoms. The first-order chi connectivity index (χ1) is 11.9. The topological polar surface area (TPSA) is 89.8 Å². The van der Waals surface area contributed by atoms with Crippen LogP contribution in [0.1, 0.15) is 28.8 Å². The van der Waals surface area contributed by atoms with Crippen molar-refractivity contribution in [1.29, 1.82) is 0 Å². The van der Waals surface area contributed by atoms with Gasteiger partial charge in [0.15, 0.2) is 18.1 Å². The highest BCUT2D eigenvalue weighted by atomic mass is 79.9. The number of rotatable bonds is 6. The van der Waals surface area contributed by atoms with Gasteiger partial charge in [-0.1, -0.05) is 12.1 Å². The zero-order valence-corrected chi connectivity index (χ0v) is 15.7. The summed E-state index contributed by atoms with van der Waals surface area (Å²) in [6.45, 7) is 5.48. The molecule has 0 radical (unpaired) electrons. The molecule has 0 saturated heterocycles. The van der Waals surface area contributed by atoms with Gasteiger partial charge in [-0.05, 0) is 48.8 Å². The molecule has 0 spiro atoms. The molecule has 1 heterocycles. The Morgan fingerprint density at radius 3 is 2.28 bits per heavy atom. The van der Waals surface area contributed by atoms with Crippen molar-refractivity contribution in [2.24, 2.45) is 0 Å². The Morgan fingerprint density at radius 2 is 1.72 bits per heavy atom. The van der Waals surface area contributed by atoms with E-state index in [9.17, 15) is 9.59 Å². The maximum atomic E-state index is 12.1. The summed E-state index contributed by atoms with van der Waals surface area (Å²) >= 11 is 3.29. The van der Waals surface area contributed by atoms with E-state index in [4.69, 9.17) is 13.9 Å². The van der Waals surface area contributed by atoms with Crippen LogP contribution in [-0.2, 0) is 4.79 Å². The lowest BCUT2D eigenvalue weighted by atomic mass is 10.2. The van der Waals surface area contributed by atoms with Gasteiger partial charge in [0.25, 0.3) is 11.8 Å². The van der Waals surface area contributed by atoms with E-state index < -0.39 is 11.8 Å². The fraction of sp³-hybridized carbons (Fsp3) is 0.294. The second-order valence-corrected chi connectivity index (χ2v) is 5.87. The predicted molar refractivity (Wildman–Crippen MR) is 94.6 cm³/mol. The minimum Gasteiger partial charge on any atom is -0.490 e. The number of halogens is 1. The molecule has 0 aliphatic carbocycles. The van der Waals surface area contributed by atoms with Crippen LogP contribution in [0, 0.1) is 13.8 Å². The van der Waals surface area contributed by atoms with E-state index in [0.29, 0.717) is 39.7 Å². The second kappa shape index (κ2) is 8.57. The molecule has 7 nitrogen and oxygen atoms in total. The lowest BCUT2D eigenvalue weighted by Gasteiger charge is -2.12. The van der Waals surface area contributed by atoms with Gasteiger partial charge in [0.05, 0.1) is 16.6 Å². The highest BCUT2D eigenvalue weighted by Crippen LogP contribution is 2.27. The van der Waals surface area contributed by atoms with Crippen molar-refractivity contribution >= 4 is 27.7 Å². The van der Waals surface area contributed by atoms with Crippen LogP contribution in [-0.4, -0.2) is 25.0 Å². The van der Waals surface area contributed by atoms with Gasteiger partial charge in [0, 0.05) is 0 Å². The highest BCUT2D eigenvalue weighted by molar-refractivity contribution is 9.10. The van der Waals surface area contributed by atoms with Gasteiger partial charge in [-0.2, -0.15) is 0 Å².